The van der Waals surface area contributed by atoms with Crippen LogP contribution in [-0.2, 0) is 33.3 Å². The van der Waals surface area contributed by atoms with Crippen molar-refractivity contribution in [2.24, 2.45) is 17.8 Å². The van der Waals surface area contributed by atoms with Crippen LogP contribution in [-0.4, -0.2) is 281 Å². The van der Waals surface area contributed by atoms with Crippen LogP contribution in [0.4, 0.5) is 0 Å². The third-order valence-electron chi connectivity index (χ3n) is 16.1. The highest BCUT2D eigenvalue weighted by Gasteiger charge is 2.53. The van der Waals surface area contributed by atoms with Crippen molar-refractivity contribution >= 4 is 11.9 Å². The molecular formula is C59H96N2O26. The molecule has 0 spiro atoms. The van der Waals surface area contributed by atoms with E-state index in [1.54, 1.807) is 93.7 Å². The molecule has 2 bridgehead atoms. The summed E-state index contributed by atoms with van der Waals surface area (Å²) < 4.78 is 29.1. The van der Waals surface area contributed by atoms with E-state index in [2.05, 4.69) is 10.6 Å². The molecular weight excluding hydrogens is 1150 g/mol. The molecule has 7 unspecified atom stereocenters. The van der Waals surface area contributed by atoms with E-state index in [9.17, 15) is 107 Å². The number of carbonyl (C=O) groups excluding carboxylic acids is 2. The Morgan fingerprint density at radius 1 is 0.644 bits per heavy atom. The molecule has 0 aromatic heterocycles. The monoisotopic (exact) mass is 1250 g/mol. The van der Waals surface area contributed by atoms with Crippen molar-refractivity contribution in [3.05, 3.63) is 85.1 Å². The molecule has 21 N–H and O–H groups in total. The minimum atomic E-state index is -2.54. The van der Waals surface area contributed by atoms with E-state index in [0.717, 1.165) is 0 Å². The molecule has 4 aliphatic heterocycles. The summed E-state index contributed by atoms with van der Waals surface area (Å²) in [5.41, 5.74) is 0. The van der Waals surface area contributed by atoms with E-state index in [-0.39, 0.29) is 25.2 Å². The smallest absolute Gasteiger partial charge is 0.308 e. The average Bonchev–Trinajstić information content (AvgIpc) is 1.43. The van der Waals surface area contributed by atoms with Gasteiger partial charge in [-0.25, -0.2) is 0 Å². The highest BCUT2D eigenvalue weighted by Crippen LogP contribution is 2.39. The molecule has 0 radical (unpaired) electrons. The summed E-state index contributed by atoms with van der Waals surface area (Å²) in [7, 11) is 0. The van der Waals surface area contributed by atoms with Crippen LogP contribution in [0.5, 0.6) is 0 Å². The number of fused-ring (bicyclic) bond motifs is 2. The van der Waals surface area contributed by atoms with Gasteiger partial charge in [-0.05, 0) is 33.1 Å². The summed E-state index contributed by atoms with van der Waals surface area (Å²) in [6.45, 7) is 3.39. The number of aliphatic hydroxyl groups excluding tert-OH is 17. The van der Waals surface area contributed by atoms with Gasteiger partial charge >= 0.3 is 5.97 Å². The lowest BCUT2D eigenvalue weighted by Gasteiger charge is -2.47. The topological polar surface area (TPSA) is 489 Å². The molecule has 498 valence electrons. The van der Waals surface area contributed by atoms with Gasteiger partial charge in [0, 0.05) is 44.1 Å². The minimum Gasteiger partial charge on any atom is -0.462 e. The molecule has 4 aliphatic rings. The number of ether oxygens (including phenoxy) is 5. The second-order valence-electron chi connectivity index (χ2n) is 23.3. The third kappa shape index (κ3) is 23.4. The van der Waals surface area contributed by atoms with E-state index in [0.29, 0.717) is 0 Å². The summed E-state index contributed by atoms with van der Waals surface area (Å²) in [6.07, 6.45) is -14.6. The molecule has 28 nitrogen and oxygen atoms in total. The molecule has 0 aromatic rings. The average molecular weight is 1250 g/mol. The number of amides is 1. The van der Waals surface area contributed by atoms with Gasteiger partial charge < -0.3 is 131 Å². The summed E-state index contributed by atoms with van der Waals surface area (Å²) in [4.78, 5) is 26.9. The zero-order valence-electron chi connectivity index (χ0n) is 49.4. The van der Waals surface area contributed by atoms with Crippen LogP contribution in [0.2, 0.25) is 0 Å². The lowest BCUT2D eigenvalue weighted by Crippen LogP contribution is -2.69. The quantitative estimate of drug-likeness (QED) is 0.0811. The molecule has 0 aliphatic carbocycles. The van der Waals surface area contributed by atoms with Crippen LogP contribution in [0, 0.1) is 17.8 Å². The molecule has 1 amide bonds. The van der Waals surface area contributed by atoms with Crippen LogP contribution in [0.25, 0.3) is 0 Å². The van der Waals surface area contributed by atoms with Gasteiger partial charge in [-0.15, -0.1) is 0 Å². The number of allylic oxidation sites excluding steroid dienone is 12. The largest absolute Gasteiger partial charge is 0.462 e. The fraction of sp³-hybridized carbons (Fsp3) is 0.729. The first-order valence-corrected chi connectivity index (χ1v) is 29.4. The van der Waals surface area contributed by atoms with Gasteiger partial charge in [-0.3, -0.25) is 9.59 Å². The van der Waals surface area contributed by atoms with E-state index in [1.165, 1.54) is 19.1 Å². The number of aliphatic hydroxyl groups is 19. The molecule has 87 heavy (non-hydrogen) atoms. The standard InChI is InChI=1S/C59H96N2O26/c1-31-17-15-13-11-9-7-5-6-8-10-12-14-16-18-38(86-57-54(78)48(50(74)34(4)85-57)61-30-59(82)55(79)53(77)44(71)29-83-59)24-45-47(56(80)60-27-42(69)51(75)52(76)43(70)28-62)41(68)26-58(81,87-45)25-37(65)22-40(67)39(66)20-19-35(63)21-36(64)23-46(72)84-33(3)32(2)49(31)73/h5-18,31-45,47-55,57,61-71,73-79,81-82H,19-30H2,1-4H3,(H,60,80)/b6-5+,9-7+,10-8+,13-11+,14-12+,17-15+,18-16+/t31-,32-,33-,34+,35+,36+,37-,38-,39+,40+,41-,42?,43?,44+,45?,47?,48-,49+,50+,51?,52?,53+,54-,55-,57?,58+,59+/m0/s1. The first-order valence-electron chi connectivity index (χ1n) is 29.4. The molecule has 0 saturated carbocycles. The van der Waals surface area contributed by atoms with Crippen molar-refractivity contribution < 1.29 is 130 Å². The Labute approximate surface area is 505 Å². The van der Waals surface area contributed by atoms with Crippen molar-refractivity contribution in [1.82, 2.24) is 10.6 Å². The molecule has 3 fully saturated rings. The lowest BCUT2D eigenvalue weighted by atomic mass is 9.82. The Hall–Kier alpha value is -3.84. The summed E-state index contributed by atoms with van der Waals surface area (Å²) in [5, 5.41) is 210. The second-order valence-corrected chi connectivity index (χ2v) is 23.3. The summed E-state index contributed by atoms with van der Waals surface area (Å²) in [6, 6.07) is -1.44. The van der Waals surface area contributed by atoms with Gasteiger partial charge in [0.05, 0.1) is 111 Å². The van der Waals surface area contributed by atoms with Crippen molar-refractivity contribution in [3.63, 3.8) is 0 Å². The number of carbonyl (C=O) groups is 2. The Morgan fingerprint density at radius 2 is 1.23 bits per heavy atom. The first kappa shape index (κ1) is 75.6. The maximum Gasteiger partial charge on any atom is 0.308 e. The first-order chi connectivity index (χ1) is 40.9. The van der Waals surface area contributed by atoms with E-state index >= 15 is 0 Å². The number of hydrogen-bond donors (Lipinski definition) is 21. The summed E-state index contributed by atoms with van der Waals surface area (Å²) >= 11 is 0. The SMILES string of the molecule is C[C@@H]1[C@H](O)[C@@H](C)/C=C/C=C/C=C/C=C/C=C/C=C/C=C/[C@H](OC2O[C@H](C)[C@@H](O)[C@H](NC[C@@]3(O)OC[C@@H](O)[C@@H](O)[C@@H]3O)[C@@H]2O)CC2O[C@](O)(C[C@@H](O)C[C@@H](O)[C@H](O)CC[C@@H](O)C[C@@H](O)CC(=O)O[C@H]1C)C[C@H](O)C2C(=O)NCC(O)C(O)C(O)C(O)CO. The van der Waals surface area contributed by atoms with Gasteiger partial charge in [0.2, 0.25) is 11.7 Å². The Kier molecular flexibility index (Phi) is 31.5. The Balaban J connectivity index is 1.70. The zero-order chi connectivity index (χ0) is 64.9. The van der Waals surface area contributed by atoms with E-state index in [4.69, 9.17) is 23.7 Å². The minimum absolute atomic E-state index is 0.192. The van der Waals surface area contributed by atoms with Crippen LogP contribution in [0.1, 0.15) is 79.1 Å². The summed E-state index contributed by atoms with van der Waals surface area (Å²) in [5.74, 6) is -9.49. The van der Waals surface area contributed by atoms with Crippen LogP contribution < -0.4 is 10.6 Å². The Bertz CT molecular complexity index is 2270. The number of hydrogen-bond acceptors (Lipinski definition) is 27. The number of rotatable bonds is 12. The molecule has 28 heteroatoms. The van der Waals surface area contributed by atoms with Gasteiger partial charge in [0.15, 0.2) is 12.1 Å². The fourth-order valence-electron chi connectivity index (χ4n) is 10.5. The number of esters is 1. The van der Waals surface area contributed by atoms with Crippen molar-refractivity contribution in [3.8, 4) is 0 Å². The van der Waals surface area contributed by atoms with Gasteiger partial charge in [0.25, 0.3) is 0 Å². The van der Waals surface area contributed by atoms with Gasteiger partial charge in [-0.2, -0.15) is 0 Å². The highest BCUT2D eigenvalue weighted by atomic mass is 16.7. The van der Waals surface area contributed by atoms with Crippen molar-refractivity contribution in [1.29, 1.82) is 0 Å². The maximum absolute atomic E-state index is 14.2. The second kappa shape index (κ2) is 36.3. The normalized spacial score (nSPS) is 43.9. The molecule has 27 atom stereocenters. The number of nitrogens with one attached hydrogen (secondary N) is 2. The molecule has 0 aromatic carbocycles. The molecule has 4 heterocycles. The Morgan fingerprint density at radius 3 is 1.84 bits per heavy atom. The van der Waals surface area contributed by atoms with Crippen molar-refractivity contribution in [2.45, 2.75) is 225 Å². The fourth-order valence-corrected chi connectivity index (χ4v) is 10.5. The molecule has 4 rings (SSSR count). The third-order valence-corrected chi connectivity index (χ3v) is 16.1. The van der Waals surface area contributed by atoms with Gasteiger partial charge in [-0.1, -0.05) is 98.9 Å². The molecule has 3 saturated heterocycles. The van der Waals surface area contributed by atoms with Gasteiger partial charge in [0.1, 0.15) is 48.8 Å². The van der Waals surface area contributed by atoms with Crippen molar-refractivity contribution in [2.75, 3.05) is 26.3 Å². The van der Waals surface area contributed by atoms with E-state index in [1.807, 2.05) is 0 Å². The highest BCUT2D eigenvalue weighted by molar-refractivity contribution is 5.80. The lowest BCUT2D eigenvalue weighted by molar-refractivity contribution is -0.323. The van der Waals surface area contributed by atoms with E-state index < -0.39 is 228 Å². The van der Waals surface area contributed by atoms with Crippen LogP contribution in [0.15, 0.2) is 85.1 Å². The van der Waals surface area contributed by atoms with Crippen LogP contribution in [0.3, 0.4) is 0 Å². The zero-order valence-corrected chi connectivity index (χ0v) is 49.4. The number of cyclic esters (lactones) is 1. The van der Waals surface area contributed by atoms with Crippen LogP contribution >= 0.6 is 0 Å². The maximum atomic E-state index is 14.2. The predicted molar refractivity (Wildman–Crippen MR) is 306 cm³/mol. The predicted octanol–water partition coefficient (Wildman–Crippen LogP) is -5.39.